The van der Waals surface area contributed by atoms with Gasteiger partial charge < -0.3 is 14.4 Å². The van der Waals surface area contributed by atoms with Crippen molar-refractivity contribution >= 4 is 5.91 Å². The molecule has 4 nitrogen and oxygen atoms in total. The molecule has 0 bridgehead atoms. The third kappa shape index (κ3) is 2.60. The van der Waals surface area contributed by atoms with Crippen molar-refractivity contribution in [2.24, 2.45) is 5.92 Å². The van der Waals surface area contributed by atoms with E-state index in [2.05, 4.69) is 0 Å². The molecule has 126 valence electrons. The van der Waals surface area contributed by atoms with Crippen molar-refractivity contribution in [3.63, 3.8) is 0 Å². The van der Waals surface area contributed by atoms with Gasteiger partial charge in [-0.25, -0.2) is 8.78 Å². The minimum atomic E-state index is -0.734. The first-order chi connectivity index (χ1) is 11.5. The minimum absolute atomic E-state index is 0.0308. The van der Waals surface area contributed by atoms with E-state index >= 15 is 0 Å². The summed E-state index contributed by atoms with van der Waals surface area (Å²) in [5, 5.41) is 9.96. The molecule has 2 aliphatic rings. The number of carbonyl (C=O) groups excluding carboxylic acids is 1. The molecule has 4 rings (SSSR count). The summed E-state index contributed by atoms with van der Waals surface area (Å²) in [7, 11) is 0. The Balaban J connectivity index is 1.57. The number of carbonyl (C=O) groups is 1. The molecular formula is C18H17F2NO3. The number of nitrogens with zero attached hydrogens (tertiary/aromatic N) is 1. The van der Waals surface area contributed by atoms with E-state index in [-0.39, 0.29) is 36.3 Å². The summed E-state index contributed by atoms with van der Waals surface area (Å²) in [5.74, 6) is -0.682. The molecule has 24 heavy (non-hydrogen) atoms. The Hall–Kier alpha value is -2.21. The lowest BCUT2D eigenvalue weighted by atomic mass is 10.0. The fourth-order valence-electron chi connectivity index (χ4n) is 3.62. The van der Waals surface area contributed by atoms with Crippen LogP contribution < -0.4 is 0 Å². The van der Waals surface area contributed by atoms with Crippen molar-refractivity contribution in [2.45, 2.75) is 30.9 Å². The number of rotatable bonds is 3. The average Bonchev–Trinajstić information content (AvgIpc) is 2.99. The van der Waals surface area contributed by atoms with E-state index in [9.17, 15) is 18.7 Å². The zero-order valence-electron chi connectivity index (χ0n) is 12.9. The molecule has 1 aromatic carbocycles. The Morgan fingerprint density at radius 3 is 2.83 bits per heavy atom. The van der Waals surface area contributed by atoms with Gasteiger partial charge in [-0.3, -0.25) is 4.79 Å². The summed E-state index contributed by atoms with van der Waals surface area (Å²) in [6.07, 6.45) is 1.73. The Kier molecular flexibility index (Phi) is 3.64. The molecule has 1 aromatic heterocycles. The number of aliphatic hydroxyl groups is 1. The van der Waals surface area contributed by atoms with Gasteiger partial charge in [-0.15, -0.1) is 0 Å². The Morgan fingerprint density at radius 2 is 2.08 bits per heavy atom. The lowest BCUT2D eigenvalue weighted by Crippen LogP contribution is -2.33. The minimum Gasteiger partial charge on any atom is -0.469 e. The standard InChI is InChI=1S/C18H17F2NO3/c19-10-3-4-15(20)14(6-10)16-7-11(22)9-21(16)18(23)13-8-12(13)17-2-1-5-24-17/h1-6,11-13,16,22H,7-9H2. The van der Waals surface area contributed by atoms with Crippen LogP contribution in [0.5, 0.6) is 0 Å². The molecule has 4 unspecified atom stereocenters. The largest absolute Gasteiger partial charge is 0.469 e. The van der Waals surface area contributed by atoms with Gasteiger partial charge in [0.1, 0.15) is 17.4 Å². The van der Waals surface area contributed by atoms with E-state index in [4.69, 9.17) is 4.42 Å². The van der Waals surface area contributed by atoms with E-state index in [1.54, 1.807) is 12.3 Å². The third-order valence-corrected chi connectivity index (χ3v) is 4.90. The highest BCUT2D eigenvalue weighted by Gasteiger charge is 2.50. The van der Waals surface area contributed by atoms with Crippen LogP contribution in [0.1, 0.15) is 36.1 Å². The van der Waals surface area contributed by atoms with Crippen LogP contribution in [0.4, 0.5) is 8.78 Å². The van der Waals surface area contributed by atoms with Gasteiger partial charge in [0.15, 0.2) is 0 Å². The van der Waals surface area contributed by atoms with Gasteiger partial charge in [0, 0.05) is 23.9 Å². The van der Waals surface area contributed by atoms with Crippen molar-refractivity contribution in [1.29, 1.82) is 0 Å². The van der Waals surface area contributed by atoms with Gasteiger partial charge in [0.25, 0.3) is 0 Å². The van der Waals surface area contributed by atoms with Crippen LogP contribution in [0.15, 0.2) is 41.0 Å². The number of halogens is 2. The third-order valence-electron chi connectivity index (χ3n) is 4.90. The maximum absolute atomic E-state index is 14.1. The predicted octanol–water partition coefficient (Wildman–Crippen LogP) is 3.00. The van der Waals surface area contributed by atoms with Crippen molar-refractivity contribution in [3.05, 3.63) is 59.6 Å². The van der Waals surface area contributed by atoms with Crippen LogP contribution in [0, 0.1) is 17.6 Å². The molecule has 1 saturated heterocycles. The van der Waals surface area contributed by atoms with Gasteiger partial charge in [0.2, 0.25) is 5.91 Å². The molecule has 2 heterocycles. The molecule has 0 spiro atoms. The van der Waals surface area contributed by atoms with Crippen LogP contribution in [0.2, 0.25) is 0 Å². The monoisotopic (exact) mass is 333 g/mol. The normalized spacial score (nSPS) is 29.0. The summed E-state index contributed by atoms with van der Waals surface area (Å²) >= 11 is 0. The Labute approximate surface area is 137 Å². The lowest BCUT2D eigenvalue weighted by molar-refractivity contribution is -0.134. The second-order valence-electron chi connectivity index (χ2n) is 6.53. The summed E-state index contributed by atoms with van der Waals surface area (Å²) in [6, 6.07) is 6.18. The molecule has 2 fully saturated rings. The van der Waals surface area contributed by atoms with E-state index in [1.165, 1.54) is 4.90 Å². The Morgan fingerprint density at radius 1 is 1.25 bits per heavy atom. The topological polar surface area (TPSA) is 53.7 Å². The first-order valence-corrected chi connectivity index (χ1v) is 8.01. The molecule has 0 radical (unpaired) electrons. The maximum atomic E-state index is 14.1. The number of benzene rings is 1. The van der Waals surface area contributed by atoms with E-state index in [0.717, 1.165) is 24.0 Å². The molecule has 1 aliphatic heterocycles. The number of hydrogen-bond acceptors (Lipinski definition) is 3. The number of aliphatic hydroxyl groups excluding tert-OH is 1. The molecule has 4 atom stereocenters. The molecule has 1 aliphatic carbocycles. The van der Waals surface area contributed by atoms with Crippen molar-refractivity contribution in [1.82, 2.24) is 4.90 Å². The van der Waals surface area contributed by atoms with Gasteiger partial charge >= 0.3 is 0 Å². The van der Waals surface area contributed by atoms with E-state index < -0.39 is 23.8 Å². The van der Waals surface area contributed by atoms with Gasteiger partial charge in [-0.2, -0.15) is 0 Å². The number of likely N-dealkylation sites (tertiary alicyclic amines) is 1. The molecular weight excluding hydrogens is 316 g/mol. The lowest BCUT2D eigenvalue weighted by Gasteiger charge is -2.25. The second kappa shape index (κ2) is 5.70. The quantitative estimate of drug-likeness (QED) is 0.939. The second-order valence-corrected chi connectivity index (χ2v) is 6.53. The number of amides is 1. The predicted molar refractivity (Wildman–Crippen MR) is 81.0 cm³/mol. The summed E-state index contributed by atoms with van der Waals surface area (Å²) < 4.78 is 32.9. The fourth-order valence-corrected chi connectivity index (χ4v) is 3.62. The smallest absolute Gasteiger partial charge is 0.227 e. The van der Waals surface area contributed by atoms with Crippen LogP contribution >= 0.6 is 0 Å². The Bertz CT molecular complexity index is 762. The van der Waals surface area contributed by atoms with E-state index in [0.29, 0.717) is 6.42 Å². The molecule has 1 N–H and O–H groups in total. The van der Waals surface area contributed by atoms with Crippen LogP contribution in [0.25, 0.3) is 0 Å². The molecule has 2 aromatic rings. The van der Waals surface area contributed by atoms with Gasteiger partial charge in [-0.05, 0) is 43.2 Å². The number of β-amino-alcohol motifs (C(OH)–C–C–N with tert-alkyl or cyclic N) is 1. The van der Waals surface area contributed by atoms with Crippen molar-refractivity contribution < 1.29 is 23.1 Å². The van der Waals surface area contributed by atoms with Gasteiger partial charge in [0.05, 0.1) is 18.4 Å². The molecule has 1 amide bonds. The number of hydrogen-bond donors (Lipinski definition) is 1. The van der Waals surface area contributed by atoms with Crippen LogP contribution in [-0.4, -0.2) is 28.6 Å². The summed E-state index contributed by atoms with van der Waals surface area (Å²) in [5.41, 5.74) is 0.120. The zero-order chi connectivity index (χ0) is 16.8. The highest BCUT2D eigenvalue weighted by molar-refractivity contribution is 5.83. The first kappa shape index (κ1) is 15.3. The summed E-state index contributed by atoms with van der Waals surface area (Å²) in [4.78, 5) is 14.3. The van der Waals surface area contributed by atoms with Crippen molar-refractivity contribution in [2.75, 3.05) is 6.54 Å². The van der Waals surface area contributed by atoms with E-state index in [1.807, 2.05) is 6.07 Å². The SMILES string of the molecule is O=C(C1CC1c1ccco1)N1CC(O)CC1c1cc(F)ccc1F. The highest BCUT2D eigenvalue weighted by atomic mass is 19.1. The average molecular weight is 333 g/mol. The highest BCUT2D eigenvalue weighted by Crippen LogP contribution is 2.50. The van der Waals surface area contributed by atoms with Crippen molar-refractivity contribution in [3.8, 4) is 0 Å². The zero-order valence-corrected chi connectivity index (χ0v) is 12.9. The molecule has 6 heteroatoms. The van der Waals surface area contributed by atoms with Crippen LogP contribution in [-0.2, 0) is 4.79 Å². The molecule has 1 saturated carbocycles. The fraction of sp³-hybridized carbons (Fsp3) is 0.389. The first-order valence-electron chi connectivity index (χ1n) is 8.01. The summed E-state index contributed by atoms with van der Waals surface area (Å²) in [6.45, 7) is 0.140. The maximum Gasteiger partial charge on any atom is 0.227 e. The number of furan rings is 1. The van der Waals surface area contributed by atoms with Gasteiger partial charge in [-0.1, -0.05) is 0 Å². The van der Waals surface area contributed by atoms with Crippen LogP contribution in [0.3, 0.4) is 0 Å².